The van der Waals surface area contributed by atoms with Gasteiger partial charge in [0.2, 0.25) is 0 Å². The third-order valence-corrected chi connectivity index (χ3v) is 2.01. The van der Waals surface area contributed by atoms with Crippen LogP contribution in [0.4, 0.5) is 0 Å². The molecule has 0 saturated heterocycles. The summed E-state index contributed by atoms with van der Waals surface area (Å²) >= 11 is 0. The molecule has 0 saturated carbocycles. The molecule has 1 atom stereocenters. The third kappa shape index (κ3) is 1.35. The summed E-state index contributed by atoms with van der Waals surface area (Å²) in [5, 5.41) is 13.5. The first-order chi connectivity index (χ1) is 6.58. The van der Waals surface area contributed by atoms with E-state index >= 15 is 0 Å². The molecule has 5 heteroatoms. The van der Waals surface area contributed by atoms with E-state index in [1.54, 1.807) is 11.4 Å². The van der Waals surface area contributed by atoms with Crippen LogP contribution in [0.5, 0.6) is 0 Å². The average Bonchev–Trinajstić information content (AvgIpc) is 2.47. The van der Waals surface area contributed by atoms with Crippen LogP contribution in [0.1, 0.15) is 30.2 Å². The second-order valence-electron chi connectivity index (χ2n) is 3.40. The zero-order chi connectivity index (χ0) is 10.3. The van der Waals surface area contributed by atoms with Gasteiger partial charge >= 0.3 is 0 Å². The standard InChI is InChI=1S/C9H12N4O/c1-5-4-6(2)13-9(10-5)11-8(12-13)7(3)14/h4,7,14H,1-3H3. The molecular weight excluding hydrogens is 180 g/mol. The minimum Gasteiger partial charge on any atom is -0.385 e. The van der Waals surface area contributed by atoms with Crippen molar-refractivity contribution >= 4 is 5.78 Å². The van der Waals surface area contributed by atoms with Crippen molar-refractivity contribution in [3.8, 4) is 0 Å². The molecule has 0 aromatic carbocycles. The van der Waals surface area contributed by atoms with Gasteiger partial charge in [-0.1, -0.05) is 0 Å². The van der Waals surface area contributed by atoms with Gasteiger partial charge in [-0.15, -0.1) is 5.10 Å². The topological polar surface area (TPSA) is 63.3 Å². The van der Waals surface area contributed by atoms with Crippen LogP contribution in [0.3, 0.4) is 0 Å². The number of aryl methyl sites for hydroxylation is 2. The second-order valence-corrected chi connectivity index (χ2v) is 3.40. The lowest BCUT2D eigenvalue weighted by Gasteiger charge is -1.97. The minimum atomic E-state index is -0.656. The van der Waals surface area contributed by atoms with E-state index in [-0.39, 0.29) is 0 Å². The molecular formula is C9H12N4O. The van der Waals surface area contributed by atoms with Gasteiger partial charge in [-0.05, 0) is 26.8 Å². The summed E-state index contributed by atoms with van der Waals surface area (Å²) in [5.41, 5.74) is 1.87. The summed E-state index contributed by atoms with van der Waals surface area (Å²) < 4.78 is 1.63. The van der Waals surface area contributed by atoms with Crippen LogP contribution in [0.2, 0.25) is 0 Å². The fourth-order valence-corrected chi connectivity index (χ4v) is 1.36. The van der Waals surface area contributed by atoms with Gasteiger partial charge in [-0.3, -0.25) is 0 Å². The smallest absolute Gasteiger partial charge is 0.252 e. The predicted molar refractivity (Wildman–Crippen MR) is 50.9 cm³/mol. The van der Waals surface area contributed by atoms with Crippen molar-refractivity contribution in [2.45, 2.75) is 26.9 Å². The molecule has 0 bridgehead atoms. The zero-order valence-corrected chi connectivity index (χ0v) is 8.39. The Bertz CT molecular complexity index is 475. The Labute approximate surface area is 81.4 Å². The summed E-state index contributed by atoms with van der Waals surface area (Å²) in [7, 11) is 0. The van der Waals surface area contributed by atoms with Gasteiger partial charge in [0.1, 0.15) is 6.10 Å². The van der Waals surface area contributed by atoms with Crippen molar-refractivity contribution in [2.75, 3.05) is 0 Å². The Hall–Kier alpha value is -1.49. The highest BCUT2D eigenvalue weighted by molar-refractivity contribution is 5.31. The Morgan fingerprint density at radius 3 is 2.71 bits per heavy atom. The van der Waals surface area contributed by atoms with E-state index in [1.807, 2.05) is 19.9 Å². The molecule has 14 heavy (non-hydrogen) atoms. The molecule has 2 rings (SSSR count). The van der Waals surface area contributed by atoms with Crippen LogP contribution in [0.15, 0.2) is 6.07 Å². The number of rotatable bonds is 1. The number of nitrogens with zero attached hydrogens (tertiary/aromatic N) is 4. The highest BCUT2D eigenvalue weighted by Crippen LogP contribution is 2.10. The number of fused-ring (bicyclic) bond motifs is 1. The van der Waals surface area contributed by atoms with Crippen molar-refractivity contribution in [1.29, 1.82) is 0 Å². The molecule has 0 fully saturated rings. The Morgan fingerprint density at radius 1 is 1.36 bits per heavy atom. The van der Waals surface area contributed by atoms with Gasteiger partial charge in [0.25, 0.3) is 5.78 Å². The summed E-state index contributed by atoms with van der Waals surface area (Å²) in [6.07, 6.45) is -0.656. The monoisotopic (exact) mass is 192 g/mol. The maximum Gasteiger partial charge on any atom is 0.252 e. The lowest BCUT2D eigenvalue weighted by atomic mass is 10.4. The molecule has 0 radical (unpaired) electrons. The second kappa shape index (κ2) is 3.02. The van der Waals surface area contributed by atoms with Gasteiger partial charge in [0.05, 0.1) is 0 Å². The van der Waals surface area contributed by atoms with E-state index in [1.165, 1.54) is 0 Å². The first-order valence-corrected chi connectivity index (χ1v) is 4.47. The van der Waals surface area contributed by atoms with E-state index < -0.39 is 6.10 Å². The first-order valence-electron chi connectivity index (χ1n) is 4.47. The summed E-state index contributed by atoms with van der Waals surface area (Å²) in [4.78, 5) is 8.34. The average molecular weight is 192 g/mol. The molecule has 0 aliphatic carbocycles. The Balaban J connectivity index is 2.70. The number of hydrogen-bond donors (Lipinski definition) is 1. The first kappa shape index (κ1) is 9.08. The third-order valence-electron chi connectivity index (χ3n) is 2.01. The van der Waals surface area contributed by atoms with Crippen molar-refractivity contribution in [1.82, 2.24) is 19.6 Å². The van der Waals surface area contributed by atoms with E-state index in [0.29, 0.717) is 11.6 Å². The largest absolute Gasteiger partial charge is 0.385 e. The summed E-state index contributed by atoms with van der Waals surface area (Å²) in [6, 6.07) is 1.92. The van der Waals surface area contributed by atoms with Gasteiger partial charge in [0.15, 0.2) is 5.82 Å². The molecule has 2 aromatic rings. The quantitative estimate of drug-likeness (QED) is 0.725. The van der Waals surface area contributed by atoms with E-state index in [4.69, 9.17) is 0 Å². The van der Waals surface area contributed by atoms with Crippen molar-refractivity contribution in [2.24, 2.45) is 0 Å². The summed E-state index contributed by atoms with van der Waals surface area (Å²) in [5.74, 6) is 0.949. The molecule has 0 aliphatic rings. The molecule has 0 aliphatic heterocycles. The van der Waals surface area contributed by atoms with E-state index in [0.717, 1.165) is 11.4 Å². The van der Waals surface area contributed by atoms with Crippen LogP contribution in [-0.4, -0.2) is 24.7 Å². The number of aliphatic hydroxyl groups is 1. The maximum atomic E-state index is 9.32. The number of hydrogen-bond acceptors (Lipinski definition) is 4. The van der Waals surface area contributed by atoms with Crippen molar-refractivity contribution in [3.05, 3.63) is 23.3 Å². The minimum absolute atomic E-state index is 0.409. The molecule has 5 nitrogen and oxygen atoms in total. The molecule has 0 amide bonds. The molecule has 74 valence electrons. The lowest BCUT2D eigenvalue weighted by Crippen LogP contribution is -1.98. The van der Waals surface area contributed by atoms with Gasteiger partial charge in [-0.2, -0.15) is 4.98 Å². The Kier molecular flexibility index (Phi) is 1.96. The molecule has 1 unspecified atom stereocenters. The highest BCUT2D eigenvalue weighted by atomic mass is 16.3. The van der Waals surface area contributed by atoms with Crippen LogP contribution < -0.4 is 0 Å². The van der Waals surface area contributed by atoms with Gasteiger partial charge < -0.3 is 5.11 Å². The zero-order valence-electron chi connectivity index (χ0n) is 8.39. The van der Waals surface area contributed by atoms with Crippen molar-refractivity contribution < 1.29 is 5.11 Å². The van der Waals surface area contributed by atoms with E-state index in [2.05, 4.69) is 15.1 Å². The van der Waals surface area contributed by atoms with Crippen molar-refractivity contribution in [3.63, 3.8) is 0 Å². The van der Waals surface area contributed by atoms with Crippen LogP contribution in [-0.2, 0) is 0 Å². The Morgan fingerprint density at radius 2 is 2.07 bits per heavy atom. The van der Waals surface area contributed by atoms with Crippen LogP contribution in [0.25, 0.3) is 5.78 Å². The summed E-state index contributed by atoms with van der Waals surface area (Å²) in [6.45, 7) is 5.48. The van der Waals surface area contributed by atoms with Crippen LogP contribution >= 0.6 is 0 Å². The van der Waals surface area contributed by atoms with Crippen LogP contribution in [0, 0.1) is 13.8 Å². The molecule has 2 aromatic heterocycles. The fourth-order valence-electron chi connectivity index (χ4n) is 1.36. The normalized spacial score (nSPS) is 13.4. The van der Waals surface area contributed by atoms with Gasteiger partial charge in [0, 0.05) is 11.4 Å². The molecule has 2 heterocycles. The molecule has 1 N–H and O–H groups in total. The predicted octanol–water partition coefficient (Wildman–Crippen LogP) is 0.794. The number of aliphatic hydroxyl groups excluding tert-OH is 1. The van der Waals surface area contributed by atoms with Gasteiger partial charge in [-0.25, -0.2) is 9.50 Å². The number of aromatic nitrogens is 4. The lowest BCUT2D eigenvalue weighted by molar-refractivity contribution is 0.189. The SMILES string of the molecule is Cc1cc(C)n2nc(C(C)O)nc2n1. The fraction of sp³-hybridized carbons (Fsp3) is 0.444. The molecule has 0 spiro atoms. The van der Waals surface area contributed by atoms with E-state index in [9.17, 15) is 5.11 Å². The highest BCUT2D eigenvalue weighted by Gasteiger charge is 2.10. The maximum absolute atomic E-state index is 9.32.